The van der Waals surface area contributed by atoms with Crippen molar-refractivity contribution in [1.82, 2.24) is 14.8 Å². The van der Waals surface area contributed by atoms with Crippen LogP contribution in [0.1, 0.15) is 44.5 Å². The van der Waals surface area contributed by atoms with Crippen molar-refractivity contribution in [2.45, 2.75) is 57.0 Å². The maximum atomic E-state index is 11.2. The van der Waals surface area contributed by atoms with Crippen molar-refractivity contribution in [1.29, 1.82) is 0 Å². The van der Waals surface area contributed by atoms with Gasteiger partial charge >= 0.3 is 0 Å². The Kier molecular flexibility index (Phi) is 3.12. The van der Waals surface area contributed by atoms with E-state index in [0.717, 1.165) is 0 Å². The summed E-state index contributed by atoms with van der Waals surface area (Å²) in [5.74, 6) is -1.68. The number of aliphatic hydroxyl groups excluding tert-OH is 1. The maximum absolute atomic E-state index is 11.2. The van der Waals surface area contributed by atoms with Crippen molar-refractivity contribution < 1.29 is 24.1 Å². The third-order valence-electron chi connectivity index (χ3n) is 4.42. The average molecular weight is 312 g/mol. The Bertz CT molecular complexity index is 617. The lowest BCUT2D eigenvalue weighted by atomic mass is 9.83. The molecular weight excluding hydrogens is 292 g/mol. The van der Waals surface area contributed by atoms with E-state index in [2.05, 4.69) is 10.1 Å². The lowest BCUT2D eigenvalue weighted by Crippen LogP contribution is -2.52. The summed E-state index contributed by atoms with van der Waals surface area (Å²) in [6.45, 7) is 7.01. The molecule has 0 aromatic carbocycles. The molecule has 2 fully saturated rings. The van der Waals surface area contributed by atoms with Crippen LogP contribution in [0.4, 0.5) is 0 Å². The topological polar surface area (TPSA) is 122 Å². The van der Waals surface area contributed by atoms with Crippen LogP contribution >= 0.6 is 0 Å². The highest BCUT2D eigenvalue weighted by molar-refractivity contribution is 5.88. The molecule has 0 aliphatic carbocycles. The molecule has 1 aromatic heterocycles. The summed E-state index contributed by atoms with van der Waals surface area (Å²) in [6, 6.07) is 0. The summed E-state index contributed by atoms with van der Waals surface area (Å²) >= 11 is 0. The summed E-state index contributed by atoms with van der Waals surface area (Å²) in [6.07, 6.45) is 0.0349. The normalized spacial score (nSPS) is 39.9. The summed E-state index contributed by atoms with van der Waals surface area (Å²) in [7, 11) is 0. The van der Waals surface area contributed by atoms with Crippen LogP contribution in [-0.2, 0) is 14.2 Å². The van der Waals surface area contributed by atoms with Gasteiger partial charge in [0.25, 0.3) is 5.91 Å². The van der Waals surface area contributed by atoms with Gasteiger partial charge in [0.2, 0.25) is 5.82 Å². The van der Waals surface area contributed by atoms with Crippen LogP contribution in [0.25, 0.3) is 0 Å². The lowest BCUT2D eigenvalue weighted by Gasteiger charge is -2.33. The molecule has 2 saturated heterocycles. The lowest BCUT2D eigenvalue weighted by molar-refractivity contribution is -0.226. The van der Waals surface area contributed by atoms with Gasteiger partial charge in [0, 0.05) is 0 Å². The van der Waals surface area contributed by atoms with Gasteiger partial charge in [0.1, 0.15) is 23.6 Å². The van der Waals surface area contributed by atoms with Crippen LogP contribution in [0.2, 0.25) is 0 Å². The first-order valence-corrected chi connectivity index (χ1v) is 7.00. The van der Waals surface area contributed by atoms with Crippen molar-refractivity contribution in [3.05, 3.63) is 12.2 Å². The quantitative estimate of drug-likeness (QED) is 0.776. The van der Waals surface area contributed by atoms with Crippen molar-refractivity contribution in [2.24, 2.45) is 5.73 Å². The second kappa shape index (κ2) is 4.48. The van der Waals surface area contributed by atoms with E-state index >= 15 is 0 Å². The minimum atomic E-state index is -0.924. The monoisotopic (exact) mass is 312 g/mol. The number of carbonyl (C=O) groups excluding carboxylic acids is 1. The Morgan fingerprint density at radius 2 is 2.00 bits per heavy atom. The first-order chi connectivity index (χ1) is 10.1. The third-order valence-corrected chi connectivity index (χ3v) is 4.42. The largest absolute Gasteiger partial charge is 0.394 e. The first kappa shape index (κ1) is 15.3. The summed E-state index contributed by atoms with van der Waals surface area (Å²) < 4.78 is 19.3. The van der Waals surface area contributed by atoms with E-state index < -0.39 is 35.2 Å². The van der Waals surface area contributed by atoms with Crippen molar-refractivity contribution in [3.8, 4) is 0 Å². The third kappa shape index (κ3) is 1.89. The highest BCUT2D eigenvalue weighted by Gasteiger charge is 2.71. The minimum absolute atomic E-state index is 0.112. The fourth-order valence-electron chi connectivity index (χ4n) is 3.37. The van der Waals surface area contributed by atoms with Gasteiger partial charge in [0.05, 0.1) is 6.61 Å². The van der Waals surface area contributed by atoms with E-state index in [4.69, 9.17) is 19.9 Å². The number of aliphatic hydroxyl groups is 1. The highest BCUT2D eigenvalue weighted by atomic mass is 16.8. The molecular formula is C13H20N4O5. The fourth-order valence-corrected chi connectivity index (χ4v) is 3.37. The molecule has 3 N–H and O–H groups in total. The zero-order valence-corrected chi connectivity index (χ0v) is 12.9. The van der Waals surface area contributed by atoms with Gasteiger partial charge in [-0.3, -0.25) is 4.79 Å². The van der Waals surface area contributed by atoms with Gasteiger partial charge in [-0.05, 0) is 27.7 Å². The Labute approximate surface area is 127 Å². The SMILES string of the molecule is CC1(C)O[C@@]2(C)[C@H](n3cnc(C(N)=O)n3)O[C@H](CO)[C@@]2(C)O1. The molecule has 3 rings (SSSR count). The molecule has 2 aliphatic rings. The number of rotatable bonds is 3. The number of hydrogen-bond acceptors (Lipinski definition) is 7. The number of hydrogen-bond donors (Lipinski definition) is 2. The molecule has 22 heavy (non-hydrogen) atoms. The van der Waals surface area contributed by atoms with Crippen molar-refractivity contribution in [2.75, 3.05) is 6.61 Å². The van der Waals surface area contributed by atoms with E-state index in [1.807, 2.05) is 13.8 Å². The maximum Gasteiger partial charge on any atom is 0.288 e. The molecule has 4 atom stereocenters. The second-order valence-corrected chi connectivity index (χ2v) is 6.39. The van der Waals surface area contributed by atoms with Crippen LogP contribution < -0.4 is 5.73 Å². The second-order valence-electron chi connectivity index (χ2n) is 6.39. The molecule has 0 radical (unpaired) electrons. The molecule has 0 bridgehead atoms. The van der Waals surface area contributed by atoms with Crippen LogP contribution in [0.5, 0.6) is 0 Å². The predicted molar refractivity (Wildman–Crippen MR) is 72.6 cm³/mol. The fraction of sp³-hybridized carbons (Fsp3) is 0.769. The Balaban J connectivity index is 2.03. The number of fused-ring (bicyclic) bond motifs is 1. The zero-order valence-electron chi connectivity index (χ0n) is 12.9. The molecule has 122 valence electrons. The summed E-state index contributed by atoms with van der Waals surface area (Å²) in [5.41, 5.74) is 3.37. The van der Waals surface area contributed by atoms with Crippen LogP contribution in [0, 0.1) is 0 Å². The standard InChI is InChI=1S/C13H20N4O5/c1-11(2)21-12(3)7(5-18)20-10(13(12,4)22-11)17-6-15-9(16-17)8(14)19/h6-7,10,18H,5H2,1-4H3,(H2,14,19)/t7-,10-,12-,13+/m1/s1. The van der Waals surface area contributed by atoms with E-state index in [9.17, 15) is 9.90 Å². The highest BCUT2D eigenvalue weighted by Crippen LogP contribution is 2.57. The molecule has 9 nitrogen and oxygen atoms in total. The summed E-state index contributed by atoms with van der Waals surface area (Å²) in [4.78, 5) is 15.0. The van der Waals surface area contributed by atoms with E-state index in [-0.39, 0.29) is 12.4 Å². The van der Waals surface area contributed by atoms with E-state index in [1.165, 1.54) is 11.0 Å². The molecule has 0 saturated carbocycles. The summed E-state index contributed by atoms with van der Waals surface area (Å²) in [5, 5.41) is 13.7. The smallest absolute Gasteiger partial charge is 0.288 e. The zero-order chi connectivity index (χ0) is 16.3. The molecule has 1 amide bonds. The van der Waals surface area contributed by atoms with Gasteiger partial charge in [-0.25, -0.2) is 9.67 Å². The van der Waals surface area contributed by atoms with Gasteiger partial charge in [-0.15, -0.1) is 5.10 Å². The Hall–Kier alpha value is -1.55. The van der Waals surface area contributed by atoms with Gasteiger partial charge in [-0.2, -0.15) is 0 Å². The van der Waals surface area contributed by atoms with Gasteiger partial charge in [0.15, 0.2) is 12.0 Å². The van der Waals surface area contributed by atoms with E-state index in [0.29, 0.717) is 0 Å². The van der Waals surface area contributed by atoms with E-state index in [1.54, 1.807) is 13.8 Å². The number of ether oxygens (including phenoxy) is 3. The number of aromatic nitrogens is 3. The molecule has 3 heterocycles. The molecule has 2 aliphatic heterocycles. The molecule has 9 heteroatoms. The van der Waals surface area contributed by atoms with Crippen LogP contribution in [0.15, 0.2) is 6.33 Å². The van der Waals surface area contributed by atoms with Crippen molar-refractivity contribution in [3.63, 3.8) is 0 Å². The average Bonchev–Trinajstić information content (AvgIpc) is 2.97. The molecule has 0 spiro atoms. The number of nitrogens with zero attached hydrogens (tertiary/aromatic N) is 3. The Morgan fingerprint density at radius 1 is 1.36 bits per heavy atom. The van der Waals surface area contributed by atoms with Crippen LogP contribution in [-0.4, -0.2) is 55.5 Å². The van der Waals surface area contributed by atoms with Crippen molar-refractivity contribution >= 4 is 5.91 Å². The minimum Gasteiger partial charge on any atom is -0.394 e. The van der Waals surface area contributed by atoms with Gasteiger partial charge < -0.3 is 25.1 Å². The Morgan fingerprint density at radius 3 is 2.55 bits per heavy atom. The number of primary amides is 1. The number of amides is 1. The molecule has 1 aromatic rings. The van der Waals surface area contributed by atoms with Crippen LogP contribution in [0.3, 0.4) is 0 Å². The van der Waals surface area contributed by atoms with Gasteiger partial charge in [-0.1, -0.05) is 0 Å². The number of nitrogens with two attached hydrogens (primary N) is 1. The molecule has 0 unspecified atom stereocenters. The number of carbonyl (C=O) groups is 1. The predicted octanol–water partition coefficient (Wildman–Crippen LogP) is -0.433. The first-order valence-electron chi connectivity index (χ1n) is 7.00.